The Balaban J connectivity index is 2.31. The van der Waals surface area contributed by atoms with Crippen LogP contribution in [-0.2, 0) is 10.8 Å². The maximum absolute atomic E-state index is 9.67. The van der Waals surface area contributed by atoms with Crippen molar-refractivity contribution in [3.63, 3.8) is 0 Å². The van der Waals surface area contributed by atoms with E-state index in [1.54, 1.807) is 0 Å². The molecule has 1 aliphatic carbocycles. The third-order valence-electron chi connectivity index (χ3n) is 4.49. The lowest BCUT2D eigenvalue weighted by Gasteiger charge is -2.22. The molecule has 0 saturated heterocycles. The summed E-state index contributed by atoms with van der Waals surface area (Å²) >= 11 is 0. The Labute approximate surface area is 105 Å². The second-order valence-electron chi connectivity index (χ2n) is 7.13. The van der Waals surface area contributed by atoms with E-state index in [9.17, 15) is 5.11 Å². The first-order valence-electron chi connectivity index (χ1n) is 6.45. The summed E-state index contributed by atoms with van der Waals surface area (Å²) in [6, 6.07) is 8.82. The second-order valence-corrected chi connectivity index (χ2v) is 7.13. The van der Waals surface area contributed by atoms with Gasteiger partial charge in [-0.2, -0.15) is 0 Å². The zero-order chi connectivity index (χ0) is 12.9. The Morgan fingerprint density at radius 3 is 1.88 bits per heavy atom. The first-order valence-corrected chi connectivity index (χ1v) is 6.45. The van der Waals surface area contributed by atoms with E-state index in [0.29, 0.717) is 0 Å². The molecule has 0 aromatic heterocycles. The lowest BCUT2D eigenvalue weighted by Crippen LogP contribution is -2.19. The molecule has 1 nitrogen and oxygen atoms in total. The summed E-state index contributed by atoms with van der Waals surface area (Å²) in [6.45, 7) is 11.4. The topological polar surface area (TPSA) is 20.2 Å². The predicted octanol–water partition coefficient (Wildman–Crippen LogP) is 3.64. The fraction of sp³-hybridized carbons (Fsp3) is 0.625. The SMILES string of the molecule is CC(C)(C)c1ccc(C2(CO)CC2(C)C)cc1. The highest BCUT2D eigenvalue weighted by Gasteiger charge is 2.61. The Hall–Kier alpha value is -0.820. The average Bonchev–Trinajstić information content (AvgIpc) is 2.81. The van der Waals surface area contributed by atoms with Crippen LogP contribution in [-0.4, -0.2) is 11.7 Å². The maximum Gasteiger partial charge on any atom is 0.0533 e. The van der Waals surface area contributed by atoms with Crippen LogP contribution in [0.4, 0.5) is 0 Å². The fourth-order valence-electron chi connectivity index (χ4n) is 2.85. The molecule has 1 unspecified atom stereocenters. The molecule has 1 atom stereocenters. The summed E-state index contributed by atoms with van der Waals surface area (Å²) in [5, 5.41) is 9.67. The zero-order valence-electron chi connectivity index (χ0n) is 11.7. The van der Waals surface area contributed by atoms with E-state index in [4.69, 9.17) is 0 Å². The van der Waals surface area contributed by atoms with Gasteiger partial charge in [0.25, 0.3) is 0 Å². The summed E-state index contributed by atoms with van der Waals surface area (Å²) < 4.78 is 0. The van der Waals surface area contributed by atoms with E-state index < -0.39 is 0 Å². The van der Waals surface area contributed by atoms with Crippen LogP contribution >= 0.6 is 0 Å². The minimum Gasteiger partial charge on any atom is -0.395 e. The lowest BCUT2D eigenvalue weighted by molar-refractivity contribution is 0.231. The van der Waals surface area contributed by atoms with E-state index in [-0.39, 0.29) is 22.9 Å². The van der Waals surface area contributed by atoms with Crippen molar-refractivity contribution in [1.29, 1.82) is 0 Å². The number of rotatable bonds is 2. The minimum absolute atomic E-state index is 0.00339. The van der Waals surface area contributed by atoms with Crippen molar-refractivity contribution in [2.45, 2.75) is 51.9 Å². The molecule has 17 heavy (non-hydrogen) atoms. The van der Waals surface area contributed by atoms with E-state index in [2.05, 4.69) is 58.9 Å². The molecule has 94 valence electrons. The molecule has 1 aromatic carbocycles. The molecule has 0 heterocycles. The molecular formula is C16H24O. The summed E-state index contributed by atoms with van der Waals surface area (Å²) in [4.78, 5) is 0. The smallest absolute Gasteiger partial charge is 0.0533 e. The van der Waals surface area contributed by atoms with Crippen LogP contribution in [0.1, 0.15) is 52.2 Å². The summed E-state index contributed by atoms with van der Waals surface area (Å²) in [7, 11) is 0. The van der Waals surface area contributed by atoms with Crippen molar-refractivity contribution in [2.75, 3.05) is 6.61 Å². The molecule has 1 aliphatic rings. The molecule has 1 saturated carbocycles. The Morgan fingerprint density at radius 1 is 1.12 bits per heavy atom. The van der Waals surface area contributed by atoms with Gasteiger partial charge in [0.15, 0.2) is 0 Å². The monoisotopic (exact) mass is 232 g/mol. The van der Waals surface area contributed by atoms with Gasteiger partial charge in [0, 0.05) is 5.41 Å². The van der Waals surface area contributed by atoms with Crippen molar-refractivity contribution in [3.8, 4) is 0 Å². The summed E-state index contributed by atoms with van der Waals surface area (Å²) in [5.41, 5.74) is 3.09. The maximum atomic E-state index is 9.67. The third kappa shape index (κ3) is 1.91. The molecule has 1 N–H and O–H groups in total. The van der Waals surface area contributed by atoms with Crippen molar-refractivity contribution in [3.05, 3.63) is 35.4 Å². The third-order valence-corrected chi connectivity index (χ3v) is 4.49. The predicted molar refractivity (Wildman–Crippen MR) is 72.3 cm³/mol. The van der Waals surface area contributed by atoms with E-state index in [0.717, 1.165) is 6.42 Å². The largest absolute Gasteiger partial charge is 0.395 e. The van der Waals surface area contributed by atoms with Gasteiger partial charge in [-0.3, -0.25) is 0 Å². The molecule has 0 amide bonds. The van der Waals surface area contributed by atoms with Gasteiger partial charge < -0.3 is 5.11 Å². The van der Waals surface area contributed by atoms with Gasteiger partial charge in [0.05, 0.1) is 6.61 Å². The lowest BCUT2D eigenvalue weighted by atomic mass is 9.83. The van der Waals surface area contributed by atoms with Crippen molar-refractivity contribution >= 4 is 0 Å². The molecule has 1 heteroatoms. The van der Waals surface area contributed by atoms with Crippen molar-refractivity contribution in [1.82, 2.24) is 0 Å². The fourth-order valence-corrected chi connectivity index (χ4v) is 2.85. The number of hydrogen-bond acceptors (Lipinski definition) is 1. The van der Waals surface area contributed by atoms with Crippen LogP contribution < -0.4 is 0 Å². The van der Waals surface area contributed by atoms with Gasteiger partial charge >= 0.3 is 0 Å². The highest BCUT2D eigenvalue weighted by molar-refractivity contribution is 5.39. The van der Waals surface area contributed by atoms with Gasteiger partial charge in [-0.25, -0.2) is 0 Å². The summed E-state index contributed by atoms with van der Waals surface area (Å²) in [6.07, 6.45) is 1.09. The Morgan fingerprint density at radius 2 is 1.59 bits per heavy atom. The first-order chi connectivity index (χ1) is 7.73. The van der Waals surface area contributed by atoms with Crippen molar-refractivity contribution in [2.24, 2.45) is 5.41 Å². The highest BCUT2D eigenvalue weighted by Crippen LogP contribution is 2.63. The van der Waals surface area contributed by atoms with Gasteiger partial charge in [-0.1, -0.05) is 58.9 Å². The Bertz CT molecular complexity index is 408. The Kier molecular flexibility index (Phi) is 2.66. The standard InChI is InChI=1S/C16H24O/c1-14(2,3)12-6-8-13(9-7-12)16(11-17)10-15(16,4)5/h6-9,17H,10-11H2,1-5H3. The molecule has 0 bridgehead atoms. The van der Waals surface area contributed by atoms with E-state index >= 15 is 0 Å². The minimum atomic E-state index is 0.00339. The van der Waals surface area contributed by atoms with Crippen LogP contribution in [0.15, 0.2) is 24.3 Å². The number of aliphatic hydroxyl groups is 1. The van der Waals surface area contributed by atoms with E-state index in [1.165, 1.54) is 11.1 Å². The number of benzene rings is 1. The molecule has 0 aliphatic heterocycles. The van der Waals surface area contributed by atoms with Gasteiger partial charge in [0.2, 0.25) is 0 Å². The molecule has 2 rings (SSSR count). The zero-order valence-corrected chi connectivity index (χ0v) is 11.7. The van der Waals surface area contributed by atoms with Crippen LogP contribution in [0.5, 0.6) is 0 Å². The quantitative estimate of drug-likeness (QED) is 0.825. The second kappa shape index (κ2) is 3.58. The van der Waals surface area contributed by atoms with Crippen LogP contribution in [0.3, 0.4) is 0 Å². The normalized spacial score (nSPS) is 26.9. The van der Waals surface area contributed by atoms with Crippen molar-refractivity contribution < 1.29 is 5.11 Å². The molecular weight excluding hydrogens is 208 g/mol. The van der Waals surface area contributed by atoms with Gasteiger partial charge in [0.1, 0.15) is 0 Å². The van der Waals surface area contributed by atoms with Crippen LogP contribution in [0, 0.1) is 5.41 Å². The van der Waals surface area contributed by atoms with Crippen LogP contribution in [0.25, 0.3) is 0 Å². The summed E-state index contributed by atoms with van der Waals surface area (Å²) in [5.74, 6) is 0. The highest BCUT2D eigenvalue weighted by atomic mass is 16.3. The molecule has 0 spiro atoms. The average molecular weight is 232 g/mol. The molecule has 0 radical (unpaired) electrons. The first kappa shape index (κ1) is 12.6. The van der Waals surface area contributed by atoms with Gasteiger partial charge in [-0.15, -0.1) is 0 Å². The van der Waals surface area contributed by atoms with Gasteiger partial charge in [-0.05, 0) is 28.4 Å². The molecule has 1 aromatic rings. The molecule has 1 fully saturated rings. The number of hydrogen-bond donors (Lipinski definition) is 1. The van der Waals surface area contributed by atoms with E-state index in [1.807, 2.05) is 0 Å². The number of aliphatic hydroxyl groups excluding tert-OH is 1. The van der Waals surface area contributed by atoms with Crippen LogP contribution in [0.2, 0.25) is 0 Å².